The first-order valence-electron chi connectivity index (χ1n) is 6.79. The largest absolute Gasteiger partial charge is 0.416 e. The van der Waals surface area contributed by atoms with Crippen LogP contribution in [-0.4, -0.2) is 37.8 Å². The molecule has 0 saturated carbocycles. The molecule has 0 fully saturated rings. The van der Waals surface area contributed by atoms with Gasteiger partial charge in [-0.1, -0.05) is 11.6 Å². The van der Waals surface area contributed by atoms with Crippen LogP contribution in [-0.2, 0) is 21.0 Å². The second-order valence-electron chi connectivity index (χ2n) is 6.20. The number of halogens is 4. The number of carbonyl (C=O) groups excluding carboxylic acids is 1. The minimum atomic E-state index is -4.71. The number of benzene rings is 1. The summed E-state index contributed by atoms with van der Waals surface area (Å²) >= 11 is 5.74. The molecule has 0 spiro atoms. The summed E-state index contributed by atoms with van der Waals surface area (Å²) < 4.78 is 63.8. The molecule has 10 heteroatoms. The Balaban J connectivity index is 3.14. The van der Waals surface area contributed by atoms with Gasteiger partial charge in [0.05, 0.1) is 17.1 Å². The summed E-state index contributed by atoms with van der Waals surface area (Å²) in [6, 6.07) is 2.00. The fourth-order valence-corrected chi connectivity index (χ4v) is 3.41. The fourth-order valence-electron chi connectivity index (χ4n) is 1.79. The number of amides is 1. The number of nitrogens with zero attached hydrogens (tertiary/aromatic N) is 1. The number of rotatable bonds is 4. The zero-order valence-electron chi connectivity index (χ0n) is 13.5. The van der Waals surface area contributed by atoms with Gasteiger partial charge in [-0.2, -0.15) is 17.5 Å². The van der Waals surface area contributed by atoms with Crippen LogP contribution < -0.4 is 5.32 Å². The fraction of sp³-hybridized carbons (Fsp3) is 0.500. The highest BCUT2D eigenvalue weighted by Crippen LogP contribution is 2.34. The van der Waals surface area contributed by atoms with E-state index in [9.17, 15) is 26.4 Å². The van der Waals surface area contributed by atoms with Gasteiger partial charge in [-0.15, -0.1) is 0 Å². The van der Waals surface area contributed by atoms with E-state index in [1.54, 1.807) is 20.8 Å². The van der Waals surface area contributed by atoms with Gasteiger partial charge < -0.3 is 5.32 Å². The highest BCUT2D eigenvalue weighted by atomic mass is 35.5. The van der Waals surface area contributed by atoms with E-state index in [-0.39, 0.29) is 5.02 Å². The predicted molar refractivity (Wildman–Crippen MR) is 84.2 cm³/mol. The van der Waals surface area contributed by atoms with Crippen molar-refractivity contribution in [1.29, 1.82) is 0 Å². The van der Waals surface area contributed by atoms with Gasteiger partial charge in [-0.05, 0) is 39.0 Å². The van der Waals surface area contributed by atoms with Gasteiger partial charge in [0.15, 0.2) is 0 Å². The minimum Gasteiger partial charge on any atom is -0.350 e. The van der Waals surface area contributed by atoms with Crippen LogP contribution in [0.2, 0.25) is 5.02 Å². The summed E-state index contributed by atoms with van der Waals surface area (Å²) in [6.45, 7) is 4.58. The Hall–Kier alpha value is -1.32. The highest BCUT2D eigenvalue weighted by molar-refractivity contribution is 7.89. The third-order valence-corrected chi connectivity index (χ3v) is 5.11. The molecule has 1 aromatic rings. The van der Waals surface area contributed by atoms with Crippen LogP contribution in [0, 0.1) is 0 Å². The second kappa shape index (κ2) is 6.89. The lowest BCUT2D eigenvalue weighted by Gasteiger charge is -2.23. The van der Waals surface area contributed by atoms with Crippen molar-refractivity contribution in [2.24, 2.45) is 0 Å². The molecule has 0 unspecified atom stereocenters. The summed E-state index contributed by atoms with van der Waals surface area (Å²) in [5.41, 5.74) is -1.71. The monoisotopic (exact) mass is 386 g/mol. The number of hydrogen-bond acceptors (Lipinski definition) is 3. The van der Waals surface area contributed by atoms with Crippen LogP contribution in [0.1, 0.15) is 26.3 Å². The standard InChI is InChI=1S/C14H18ClF3N2O3S/c1-13(2,3)19-12(21)8-20(4)24(22,23)11-7-9(14(16,17)18)5-6-10(11)15/h5-7H,8H2,1-4H3,(H,19,21). The maximum atomic E-state index is 12.8. The molecular formula is C14H18ClF3N2O3S. The first-order chi connectivity index (χ1) is 10.6. The molecule has 0 aliphatic rings. The molecule has 5 nitrogen and oxygen atoms in total. The zero-order chi connectivity index (χ0) is 18.9. The SMILES string of the molecule is CN(CC(=O)NC(C)(C)C)S(=O)(=O)c1cc(C(F)(F)F)ccc1Cl. The number of sulfonamides is 1. The van der Waals surface area contributed by atoms with Crippen LogP contribution >= 0.6 is 11.6 Å². The average molecular weight is 387 g/mol. The van der Waals surface area contributed by atoms with Crippen molar-refractivity contribution in [3.05, 3.63) is 28.8 Å². The summed E-state index contributed by atoms with van der Waals surface area (Å²) in [7, 11) is -3.27. The summed E-state index contributed by atoms with van der Waals surface area (Å²) in [6.07, 6.45) is -4.71. The molecule has 0 atom stereocenters. The quantitative estimate of drug-likeness (QED) is 0.865. The first-order valence-corrected chi connectivity index (χ1v) is 8.60. The smallest absolute Gasteiger partial charge is 0.350 e. The average Bonchev–Trinajstić information content (AvgIpc) is 2.34. The van der Waals surface area contributed by atoms with Gasteiger partial charge in [-0.3, -0.25) is 4.79 Å². The van der Waals surface area contributed by atoms with Gasteiger partial charge in [0.1, 0.15) is 4.90 Å². The molecule has 0 aromatic heterocycles. The Labute approximate surface area is 143 Å². The van der Waals surface area contributed by atoms with Crippen LogP contribution in [0.5, 0.6) is 0 Å². The third kappa shape index (κ3) is 5.35. The van der Waals surface area contributed by atoms with E-state index in [2.05, 4.69) is 5.32 Å². The molecule has 1 N–H and O–H groups in total. The van der Waals surface area contributed by atoms with Crippen LogP contribution in [0.15, 0.2) is 23.1 Å². The van der Waals surface area contributed by atoms with Crippen molar-refractivity contribution in [2.45, 2.75) is 37.4 Å². The number of alkyl halides is 3. The molecule has 1 aromatic carbocycles. The summed E-state index contributed by atoms with van der Waals surface area (Å²) in [4.78, 5) is 11.1. The van der Waals surface area contributed by atoms with Crippen molar-refractivity contribution in [3.8, 4) is 0 Å². The van der Waals surface area contributed by atoms with E-state index in [1.807, 2.05) is 0 Å². The van der Waals surface area contributed by atoms with Crippen molar-refractivity contribution in [3.63, 3.8) is 0 Å². The van der Waals surface area contributed by atoms with Crippen LogP contribution in [0.25, 0.3) is 0 Å². The van der Waals surface area contributed by atoms with Gasteiger partial charge >= 0.3 is 6.18 Å². The summed E-state index contributed by atoms with van der Waals surface area (Å²) in [5.74, 6) is -0.586. The van der Waals surface area contributed by atoms with E-state index < -0.39 is 44.6 Å². The Bertz CT molecular complexity index is 728. The second-order valence-corrected chi connectivity index (χ2v) is 8.62. The molecule has 0 heterocycles. The number of hydrogen-bond donors (Lipinski definition) is 1. The van der Waals surface area contributed by atoms with E-state index in [4.69, 9.17) is 11.6 Å². The zero-order valence-corrected chi connectivity index (χ0v) is 15.1. The molecule has 0 aliphatic heterocycles. The molecule has 0 bridgehead atoms. The molecule has 1 amide bonds. The predicted octanol–water partition coefficient (Wildman–Crippen LogP) is 2.89. The Kier molecular flexibility index (Phi) is 5.95. The highest BCUT2D eigenvalue weighted by Gasteiger charge is 2.34. The molecular weight excluding hydrogens is 369 g/mol. The lowest BCUT2D eigenvalue weighted by atomic mass is 10.1. The summed E-state index contributed by atoms with van der Waals surface area (Å²) in [5, 5.41) is 2.21. The van der Waals surface area contributed by atoms with Crippen LogP contribution in [0.4, 0.5) is 13.2 Å². The van der Waals surface area contributed by atoms with Crippen molar-refractivity contribution >= 4 is 27.5 Å². The lowest BCUT2D eigenvalue weighted by Crippen LogP contribution is -2.46. The minimum absolute atomic E-state index is 0.355. The maximum absolute atomic E-state index is 12.8. The first kappa shape index (κ1) is 20.7. The molecule has 0 saturated heterocycles. The molecule has 24 heavy (non-hydrogen) atoms. The molecule has 0 radical (unpaired) electrons. The topological polar surface area (TPSA) is 66.5 Å². The Morgan fingerprint density at radius 1 is 1.25 bits per heavy atom. The Morgan fingerprint density at radius 3 is 2.25 bits per heavy atom. The molecule has 136 valence electrons. The number of likely N-dealkylation sites (N-methyl/N-ethyl adjacent to an activating group) is 1. The van der Waals surface area contributed by atoms with Crippen molar-refractivity contribution in [2.75, 3.05) is 13.6 Å². The maximum Gasteiger partial charge on any atom is 0.416 e. The van der Waals surface area contributed by atoms with Gasteiger partial charge in [0, 0.05) is 12.6 Å². The van der Waals surface area contributed by atoms with Crippen molar-refractivity contribution in [1.82, 2.24) is 9.62 Å². The molecule has 1 rings (SSSR count). The molecule has 0 aliphatic carbocycles. The van der Waals surface area contributed by atoms with Gasteiger partial charge in [0.2, 0.25) is 15.9 Å². The van der Waals surface area contributed by atoms with E-state index in [1.165, 1.54) is 0 Å². The normalized spacial score (nSPS) is 13.2. The lowest BCUT2D eigenvalue weighted by molar-refractivity contribution is -0.137. The van der Waals surface area contributed by atoms with Gasteiger partial charge in [-0.25, -0.2) is 8.42 Å². The van der Waals surface area contributed by atoms with E-state index >= 15 is 0 Å². The van der Waals surface area contributed by atoms with Crippen molar-refractivity contribution < 1.29 is 26.4 Å². The number of nitrogens with one attached hydrogen (secondary N) is 1. The third-order valence-electron chi connectivity index (χ3n) is 2.83. The number of carbonyl (C=O) groups is 1. The van der Waals surface area contributed by atoms with Crippen LogP contribution in [0.3, 0.4) is 0 Å². The van der Waals surface area contributed by atoms with E-state index in [0.717, 1.165) is 13.1 Å². The van der Waals surface area contributed by atoms with Gasteiger partial charge in [0.25, 0.3) is 0 Å². The Morgan fingerprint density at radius 2 is 1.79 bits per heavy atom. The van der Waals surface area contributed by atoms with E-state index in [0.29, 0.717) is 16.4 Å².